The van der Waals surface area contributed by atoms with Crippen molar-refractivity contribution in [3.05, 3.63) is 70.2 Å². The third-order valence-corrected chi connectivity index (χ3v) is 5.97. The lowest BCUT2D eigenvalue weighted by molar-refractivity contribution is 0.0789. The molecule has 1 fully saturated rings. The predicted molar refractivity (Wildman–Crippen MR) is 116 cm³/mol. The lowest BCUT2D eigenvalue weighted by Gasteiger charge is -2.27. The minimum absolute atomic E-state index is 0.0607. The Morgan fingerprint density at radius 2 is 2.13 bits per heavy atom. The van der Waals surface area contributed by atoms with Crippen molar-refractivity contribution in [1.29, 1.82) is 5.26 Å². The lowest BCUT2D eigenvalue weighted by Crippen LogP contribution is -2.36. The van der Waals surface area contributed by atoms with E-state index in [0.717, 1.165) is 12.1 Å². The molecule has 0 N–H and O–H groups in total. The number of hydrogen-bond donors (Lipinski definition) is 0. The molecule has 1 amide bonds. The summed E-state index contributed by atoms with van der Waals surface area (Å²) in [6.45, 7) is 2.66. The average molecular weight is 439 g/mol. The van der Waals surface area contributed by atoms with Crippen molar-refractivity contribution >= 4 is 23.2 Å². The first-order valence-corrected chi connectivity index (χ1v) is 10.2. The van der Waals surface area contributed by atoms with Gasteiger partial charge in [-0.1, -0.05) is 28.9 Å². The molecule has 1 unspecified atom stereocenters. The normalized spacial score (nSPS) is 15.7. The van der Waals surface area contributed by atoms with E-state index in [4.69, 9.17) is 21.4 Å². The van der Waals surface area contributed by atoms with Gasteiger partial charge in [-0.3, -0.25) is 4.79 Å². The molecule has 1 saturated heterocycles. The van der Waals surface area contributed by atoms with Crippen LogP contribution in [0.5, 0.6) is 0 Å². The lowest BCUT2D eigenvalue weighted by atomic mass is 10.0. The molecule has 31 heavy (non-hydrogen) atoms. The van der Waals surface area contributed by atoms with Gasteiger partial charge in [-0.05, 0) is 43.7 Å². The van der Waals surface area contributed by atoms with E-state index in [0.29, 0.717) is 24.4 Å². The molecule has 158 valence electrons. The number of aryl methyl sites for hydroxylation is 1. The summed E-state index contributed by atoms with van der Waals surface area (Å²) in [6.07, 6.45) is 0.763. The number of aromatic nitrogens is 1. The van der Waals surface area contributed by atoms with Gasteiger partial charge >= 0.3 is 0 Å². The third-order valence-electron chi connectivity index (χ3n) is 5.66. The number of nitriles is 1. The topological polar surface area (TPSA) is 73.4 Å². The molecule has 3 aromatic rings. The predicted octanol–water partition coefficient (Wildman–Crippen LogP) is 4.67. The smallest absolute Gasteiger partial charge is 0.259 e. The van der Waals surface area contributed by atoms with Crippen molar-refractivity contribution < 1.29 is 13.7 Å². The summed E-state index contributed by atoms with van der Waals surface area (Å²) in [5, 5.41) is 13.2. The van der Waals surface area contributed by atoms with Gasteiger partial charge in [0.2, 0.25) is 0 Å². The number of amides is 1. The standard InChI is InChI=1S/C23H20ClFN4O2/c1-14-20(22(27-31-14)21-18(24)7-4-8-19(21)25)23(30)29-10-9-17(13-29)28(2)16-6-3-5-15(11-16)12-26/h3-8,11,17H,9-10,13H2,1-2H3. The van der Waals surface area contributed by atoms with Crippen LogP contribution in [0.3, 0.4) is 0 Å². The van der Waals surface area contributed by atoms with Crippen LogP contribution in [-0.4, -0.2) is 42.1 Å². The minimum Gasteiger partial charge on any atom is -0.370 e. The number of carbonyl (C=O) groups excluding carboxylic acids is 1. The van der Waals surface area contributed by atoms with E-state index in [1.54, 1.807) is 24.0 Å². The highest BCUT2D eigenvalue weighted by molar-refractivity contribution is 6.33. The molecule has 1 atom stereocenters. The quantitative estimate of drug-likeness (QED) is 0.592. The summed E-state index contributed by atoms with van der Waals surface area (Å²) in [6, 6.07) is 13.9. The van der Waals surface area contributed by atoms with E-state index in [9.17, 15) is 9.18 Å². The Balaban J connectivity index is 1.58. The maximum Gasteiger partial charge on any atom is 0.259 e. The Labute approximate surface area is 184 Å². The van der Waals surface area contributed by atoms with E-state index >= 15 is 0 Å². The molecular weight excluding hydrogens is 419 g/mol. The third kappa shape index (κ3) is 3.87. The Morgan fingerprint density at radius 1 is 1.35 bits per heavy atom. The summed E-state index contributed by atoms with van der Waals surface area (Å²) in [4.78, 5) is 17.1. The van der Waals surface area contributed by atoms with Crippen LogP contribution in [0.2, 0.25) is 5.02 Å². The Bertz CT molecular complexity index is 1170. The summed E-state index contributed by atoms with van der Waals surface area (Å²) in [5.41, 5.74) is 1.90. The molecule has 0 bridgehead atoms. The Kier molecular flexibility index (Phi) is 5.66. The van der Waals surface area contributed by atoms with Crippen molar-refractivity contribution in [2.45, 2.75) is 19.4 Å². The monoisotopic (exact) mass is 438 g/mol. The maximum absolute atomic E-state index is 14.5. The van der Waals surface area contributed by atoms with Crippen LogP contribution in [0.4, 0.5) is 10.1 Å². The van der Waals surface area contributed by atoms with Gasteiger partial charge in [-0.15, -0.1) is 0 Å². The number of likely N-dealkylation sites (N-methyl/N-ethyl adjacent to an activating group) is 1. The molecule has 0 saturated carbocycles. The Morgan fingerprint density at radius 3 is 2.87 bits per heavy atom. The number of rotatable bonds is 4. The second-order valence-corrected chi connectivity index (χ2v) is 7.93. The Hall–Kier alpha value is -3.37. The highest BCUT2D eigenvalue weighted by atomic mass is 35.5. The van der Waals surface area contributed by atoms with Gasteiger partial charge in [-0.2, -0.15) is 5.26 Å². The van der Waals surface area contributed by atoms with Gasteiger partial charge in [0.1, 0.15) is 22.8 Å². The summed E-state index contributed by atoms with van der Waals surface area (Å²) >= 11 is 6.19. The molecule has 4 rings (SSSR count). The first-order chi connectivity index (χ1) is 14.9. The number of anilines is 1. The molecular formula is C23H20ClFN4O2. The number of nitrogens with zero attached hydrogens (tertiary/aromatic N) is 4. The van der Waals surface area contributed by atoms with E-state index < -0.39 is 5.82 Å². The van der Waals surface area contributed by atoms with Gasteiger partial charge in [-0.25, -0.2) is 4.39 Å². The van der Waals surface area contributed by atoms with Gasteiger partial charge in [0, 0.05) is 31.9 Å². The minimum atomic E-state index is -0.564. The zero-order valence-electron chi connectivity index (χ0n) is 17.1. The molecule has 2 heterocycles. The summed E-state index contributed by atoms with van der Waals surface area (Å²) < 4.78 is 19.7. The SMILES string of the molecule is Cc1onc(-c2c(F)cccc2Cl)c1C(=O)N1CCC(N(C)c2cccc(C#N)c2)C1. The van der Waals surface area contributed by atoms with E-state index in [2.05, 4.69) is 16.1 Å². The second kappa shape index (κ2) is 8.40. The van der Waals surface area contributed by atoms with Crippen LogP contribution in [0.1, 0.15) is 28.1 Å². The molecule has 1 aromatic heterocycles. The zero-order chi connectivity index (χ0) is 22.1. The average Bonchev–Trinajstić information content (AvgIpc) is 3.40. The first-order valence-electron chi connectivity index (χ1n) is 9.83. The fraction of sp³-hybridized carbons (Fsp3) is 0.261. The number of hydrogen-bond acceptors (Lipinski definition) is 5. The molecule has 0 radical (unpaired) electrons. The van der Waals surface area contributed by atoms with Crippen molar-refractivity contribution in [2.24, 2.45) is 0 Å². The number of halogens is 2. The van der Waals surface area contributed by atoms with Gasteiger partial charge in [0.25, 0.3) is 5.91 Å². The van der Waals surface area contributed by atoms with E-state index in [1.807, 2.05) is 25.2 Å². The fourth-order valence-electron chi connectivity index (χ4n) is 3.92. The molecule has 2 aromatic carbocycles. The van der Waals surface area contributed by atoms with Crippen LogP contribution >= 0.6 is 11.6 Å². The van der Waals surface area contributed by atoms with Gasteiger partial charge in [0.15, 0.2) is 0 Å². The molecule has 8 heteroatoms. The second-order valence-electron chi connectivity index (χ2n) is 7.53. The molecule has 1 aliphatic heterocycles. The number of carbonyl (C=O) groups is 1. The van der Waals surface area contributed by atoms with Crippen molar-refractivity contribution in [1.82, 2.24) is 10.1 Å². The highest BCUT2D eigenvalue weighted by Crippen LogP contribution is 2.34. The molecule has 0 spiro atoms. The van der Waals surface area contributed by atoms with Crippen LogP contribution in [0, 0.1) is 24.1 Å². The van der Waals surface area contributed by atoms with Crippen molar-refractivity contribution in [2.75, 3.05) is 25.0 Å². The first kappa shape index (κ1) is 20.9. The largest absolute Gasteiger partial charge is 0.370 e. The van der Waals surface area contributed by atoms with Crippen LogP contribution < -0.4 is 4.90 Å². The zero-order valence-corrected chi connectivity index (χ0v) is 17.9. The number of likely N-dealkylation sites (tertiary alicyclic amines) is 1. The molecule has 0 aliphatic carbocycles. The van der Waals surface area contributed by atoms with E-state index in [1.165, 1.54) is 12.1 Å². The van der Waals surface area contributed by atoms with Gasteiger partial charge < -0.3 is 14.3 Å². The highest BCUT2D eigenvalue weighted by Gasteiger charge is 2.34. The molecule has 1 aliphatic rings. The van der Waals surface area contributed by atoms with Crippen LogP contribution in [-0.2, 0) is 0 Å². The number of benzene rings is 2. The van der Waals surface area contributed by atoms with Crippen molar-refractivity contribution in [3.8, 4) is 17.3 Å². The summed E-state index contributed by atoms with van der Waals surface area (Å²) in [7, 11) is 1.95. The van der Waals surface area contributed by atoms with Crippen molar-refractivity contribution in [3.63, 3.8) is 0 Å². The maximum atomic E-state index is 14.5. The van der Waals surface area contributed by atoms with Gasteiger partial charge in [0.05, 0.1) is 22.2 Å². The molecule has 6 nitrogen and oxygen atoms in total. The van der Waals surface area contributed by atoms with E-state index in [-0.39, 0.29) is 33.8 Å². The van der Waals surface area contributed by atoms with Crippen LogP contribution in [0.15, 0.2) is 47.0 Å². The fourth-order valence-corrected chi connectivity index (χ4v) is 4.18. The van der Waals surface area contributed by atoms with Crippen LogP contribution in [0.25, 0.3) is 11.3 Å². The summed E-state index contributed by atoms with van der Waals surface area (Å²) in [5.74, 6) is -0.515.